The van der Waals surface area contributed by atoms with Crippen LogP contribution in [0, 0.1) is 10.1 Å². The third-order valence-corrected chi connectivity index (χ3v) is 3.55. The molecule has 1 rings (SSSR count). The van der Waals surface area contributed by atoms with Gasteiger partial charge in [-0.05, 0) is 5.56 Å². The maximum absolute atomic E-state index is 11.6. The van der Waals surface area contributed by atoms with Crippen molar-refractivity contribution < 1.29 is 18.1 Å². The summed E-state index contributed by atoms with van der Waals surface area (Å²) in [6.45, 7) is 0. The fraction of sp³-hybridized carbons (Fsp3) is 0.300. The van der Waals surface area contributed by atoms with Gasteiger partial charge in [0, 0.05) is 19.2 Å². The lowest BCUT2D eigenvalue weighted by Gasteiger charge is -2.14. The Bertz CT molecular complexity index is 564. The summed E-state index contributed by atoms with van der Waals surface area (Å²) in [6, 6.07) is 5.38. The molecule has 0 spiro atoms. The van der Waals surface area contributed by atoms with Crippen molar-refractivity contribution in [3.8, 4) is 0 Å². The normalized spacial score (nSPS) is 11.0. The van der Waals surface area contributed by atoms with Gasteiger partial charge >= 0.3 is 0 Å². The van der Waals surface area contributed by atoms with Gasteiger partial charge in [-0.2, -0.15) is 0 Å². The Balaban J connectivity index is 2.80. The average molecular weight is 272 g/mol. The lowest BCUT2D eigenvalue weighted by Crippen LogP contribution is -2.33. The van der Waals surface area contributed by atoms with Crippen LogP contribution in [0.25, 0.3) is 0 Å². The fourth-order valence-electron chi connectivity index (χ4n) is 1.21. The van der Waals surface area contributed by atoms with Crippen molar-refractivity contribution in [3.05, 3.63) is 39.9 Å². The molecule has 98 valence electrons. The van der Waals surface area contributed by atoms with Gasteiger partial charge in [0.15, 0.2) is 0 Å². The molecule has 0 fully saturated rings. The van der Waals surface area contributed by atoms with E-state index in [1.807, 2.05) is 0 Å². The number of hydrogen-bond donors (Lipinski definition) is 0. The molecule has 0 N–H and O–H groups in total. The molecule has 0 aliphatic rings. The fourth-order valence-corrected chi connectivity index (χ4v) is 1.64. The van der Waals surface area contributed by atoms with Crippen LogP contribution >= 0.6 is 0 Å². The molecule has 0 aliphatic heterocycles. The van der Waals surface area contributed by atoms with Crippen molar-refractivity contribution in [1.82, 2.24) is 4.31 Å². The molecule has 1 aromatic rings. The summed E-state index contributed by atoms with van der Waals surface area (Å²) in [5, 5.41) is 10.4. The van der Waals surface area contributed by atoms with E-state index >= 15 is 0 Å². The number of benzene rings is 1. The molecule has 7 nitrogen and oxygen atoms in total. The first-order chi connectivity index (χ1) is 8.21. The second kappa shape index (κ2) is 5.13. The monoisotopic (exact) mass is 272 g/mol. The van der Waals surface area contributed by atoms with Crippen LogP contribution in [0.3, 0.4) is 0 Å². The molecule has 0 saturated carbocycles. The highest BCUT2D eigenvalue weighted by Gasteiger charge is 2.18. The zero-order valence-corrected chi connectivity index (χ0v) is 10.7. The minimum absolute atomic E-state index is 0.0809. The quantitative estimate of drug-likeness (QED) is 0.589. The third-order valence-electron chi connectivity index (χ3n) is 2.35. The Kier molecular flexibility index (Phi) is 4.02. The summed E-state index contributed by atoms with van der Waals surface area (Å²) in [5.74, 6) is -0.591. The van der Waals surface area contributed by atoms with Crippen molar-refractivity contribution in [1.29, 1.82) is 0 Å². The van der Waals surface area contributed by atoms with Crippen LogP contribution in [0.2, 0.25) is 0 Å². The van der Waals surface area contributed by atoms with Crippen LogP contribution in [-0.4, -0.2) is 36.9 Å². The number of carbonyl (C=O) groups excluding carboxylic acids is 1. The van der Waals surface area contributed by atoms with E-state index in [2.05, 4.69) is 0 Å². The predicted octanol–water partition coefficient (Wildman–Crippen LogP) is 0.555. The Hall–Kier alpha value is -1.96. The maximum atomic E-state index is 11.6. The van der Waals surface area contributed by atoms with E-state index in [1.165, 1.54) is 31.3 Å². The Morgan fingerprint density at radius 1 is 1.33 bits per heavy atom. The van der Waals surface area contributed by atoms with Gasteiger partial charge in [-0.15, -0.1) is 0 Å². The summed E-state index contributed by atoms with van der Waals surface area (Å²) in [4.78, 5) is 21.5. The number of carbonyl (C=O) groups is 1. The van der Waals surface area contributed by atoms with Gasteiger partial charge in [-0.3, -0.25) is 14.9 Å². The van der Waals surface area contributed by atoms with Crippen molar-refractivity contribution in [2.24, 2.45) is 0 Å². The molecule has 0 unspecified atom stereocenters. The number of likely N-dealkylation sites (N-methyl/N-ethyl adjacent to an activating group) is 1. The number of nitrogens with zero attached hydrogens (tertiary/aromatic N) is 2. The van der Waals surface area contributed by atoms with Gasteiger partial charge in [0.05, 0.1) is 17.6 Å². The molecular weight excluding hydrogens is 260 g/mol. The van der Waals surface area contributed by atoms with E-state index in [0.29, 0.717) is 9.87 Å². The summed E-state index contributed by atoms with van der Waals surface area (Å²) < 4.78 is 22.9. The zero-order valence-electron chi connectivity index (χ0n) is 9.86. The smallest absolute Gasteiger partial charge is 0.269 e. The largest absolute Gasteiger partial charge is 0.273 e. The molecular formula is C10H12N2O5S. The van der Waals surface area contributed by atoms with Crippen molar-refractivity contribution >= 4 is 21.6 Å². The van der Waals surface area contributed by atoms with Crippen molar-refractivity contribution in [2.75, 3.05) is 13.3 Å². The summed E-state index contributed by atoms with van der Waals surface area (Å²) in [6.07, 6.45) is 0.808. The summed E-state index contributed by atoms with van der Waals surface area (Å²) in [7, 11) is -2.40. The molecule has 0 aromatic heterocycles. The van der Waals surface area contributed by atoms with Crippen LogP contribution in [0.5, 0.6) is 0 Å². The Morgan fingerprint density at radius 3 is 2.22 bits per heavy atom. The Morgan fingerprint density at radius 2 is 1.83 bits per heavy atom. The van der Waals surface area contributed by atoms with Crippen molar-refractivity contribution in [2.45, 2.75) is 6.42 Å². The maximum Gasteiger partial charge on any atom is 0.269 e. The van der Waals surface area contributed by atoms with Crippen LogP contribution in [0.1, 0.15) is 5.56 Å². The number of nitro groups is 1. The second-order valence-corrected chi connectivity index (χ2v) is 5.74. The number of hydrogen-bond acceptors (Lipinski definition) is 5. The van der Waals surface area contributed by atoms with E-state index in [0.717, 1.165) is 6.26 Å². The second-order valence-electron chi connectivity index (χ2n) is 3.72. The van der Waals surface area contributed by atoms with Crippen LogP contribution in [-0.2, 0) is 21.2 Å². The van der Waals surface area contributed by atoms with Crippen LogP contribution < -0.4 is 0 Å². The van der Waals surface area contributed by atoms with E-state index < -0.39 is 20.9 Å². The number of sulfonamides is 1. The molecule has 0 saturated heterocycles. The first-order valence-electron chi connectivity index (χ1n) is 4.92. The van der Waals surface area contributed by atoms with E-state index in [9.17, 15) is 23.3 Å². The van der Waals surface area contributed by atoms with Gasteiger partial charge in [0.1, 0.15) is 0 Å². The van der Waals surface area contributed by atoms with E-state index in [1.54, 1.807) is 0 Å². The van der Waals surface area contributed by atoms with Crippen LogP contribution in [0.4, 0.5) is 5.69 Å². The molecule has 8 heteroatoms. The molecule has 1 aromatic carbocycles. The standard InChI is InChI=1S/C10H12N2O5S/c1-11(18(2,16)17)10(13)7-8-3-5-9(6-4-8)12(14)15/h3-6H,7H2,1-2H3. The lowest BCUT2D eigenvalue weighted by molar-refractivity contribution is -0.384. The lowest BCUT2D eigenvalue weighted by atomic mass is 10.1. The molecule has 18 heavy (non-hydrogen) atoms. The van der Waals surface area contributed by atoms with Gasteiger partial charge in [0.25, 0.3) is 5.69 Å². The molecule has 0 aliphatic carbocycles. The first kappa shape index (κ1) is 14.1. The minimum Gasteiger partial charge on any atom is -0.273 e. The SMILES string of the molecule is CN(C(=O)Cc1ccc([N+](=O)[O-])cc1)S(C)(=O)=O. The number of non-ortho nitro benzene ring substituents is 1. The average Bonchev–Trinajstić information content (AvgIpc) is 2.27. The highest BCUT2D eigenvalue weighted by Crippen LogP contribution is 2.13. The molecule has 1 amide bonds. The highest BCUT2D eigenvalue weighted by molar-refractivity contribution is 7.88. The molecule has 0 atom stereocenters. The number of nitro benzene ring substituents is 1. The topological polar surface area (TPSA) is 97.6 Å². The van der Waals surface area contributed by atoms with Gasteiger partial charge in [0.2, 0.25) is 15.9 Å². The Labute approximate surface area is 104 Å². The van der Waals surface area contributed by atoms with Gasteiger partial charge in [-0.1, -0.05) is 12.1 Å². The van der Waals surface area contributed by atoms with E-state index in [4.69, 9.17) is 0 Å². The molecule has 0 bridgehead atoms. The predicted molar refractivity (Wildman–Crippen MR) is 64.4 cm³/mol. The summed E-state index contributed by atoms with van der Waals surface area (Å²) in [5.41, 5.74) is 0.434. The summed E-state index contributed by atoms with van der Waals surface area (Å²) >= 11 is 0. The van der Waals surface area contributed by atoms with Gasteiger partial charge < -0.3 is 0 Å². The molecule has 0 radical (unpaired) electrons. The zero-order chi connectivity index (χ0) is 13.9. The van der Waals surface area contributed by atoms with Crippen LogP contribution in [0.15, 0.2) is 24.3 Å². The number of rotatable bonds is 4. The minimum atomic E-state index is -3.57. The first-order valence-corrected chi connectivity index (χ1v) is 6.76. The van der Waals surface area contributed by atoms with Crippen molar-refractivity contribution in [3.63, 3.8) is 0 Å². The third kappa shape index (κ3) is 3.52. The molecule has 0 heterocycles. The highest BCUT2D eigenvalue weighted by atomic mass is 32.2. The number of amides is 1. The van der Waals surface area contributed by atoms with E-state index in [-0.39, 0.29) is 12.1 Å². The van der Waals surface area contributed by atoms with Gasteiger partial charge in [-0.25, -0.2) is 12.7 Å².